The quantitative estimate of drug-likeness (QED) is 0.198. The first-order valence-corrected chi connectivity index (χ1v) is 11.4. The number of esters is 2. The SMILES string of the molecule is O=C(OCc1ccc(CO)s1)[c-]1[cH-][cH-][cH-][cH-]1.O=C(OCc1ccc(CO)s1)[c-]1cccc1.[Fe]. The van der Waals surface area contributed by atoms with E-state index in [-0.39, 0.29) is 55.4 Å². The molecule has 0 amide bonds. The molecule has 0 saturated heterocycles. The van der Waals surface area contributed by atoms with E-state index in [1.54, 1.807) is 48.5 Å². The largest absolute Gasteiger partial charge is 0.680 e. The van der Waals surface area contributed by atoms with Crippen LogP contribution in [0.15, 0.2) is 72.8 Å². The average molecular weight is 526 g/mol. The molecule has 33 heavy (non-hydrogen) atoms. The summed E-state index contributed by atoms with van der Waals surface area (Å²) < 4.78 is 10.2. The molecule has 0 atom stereocenters. The van der Waals surface area contributed by atoms with Crippen molar-refractivity contribution >= 4 is 34.6 Å². The predicted octanol–water partition coefficient (Wildman–Crippen LogP) is 4.63. The zero-order valence-electron chi connectivity index (χ0n) is 17.5. The second-order valence-corrected chi connectivity index (χ2v) is 9.06. The van der Waals surface area contributed by atoms with E-state index in [0.29, 0.717) is 11.1 Å². The Bertz CT molecular complexity index is 1010. The van der Waals surface area contributed by atoms with E-state index in [0.717, 1.165) is 19.5 Å². The van der Waals surface area contributed by atoms with Gasteiger partial charge in [0.25, 0.3) is 5.97 Å². The third-order valence-electron chi connectivity index (χ3n) is 4.23. The summed E-state index contributed by atoms with van der Waals surface area (Å²) in [5, 5.41) is 17.8. The molecule has 2 heterocycles. The van der Waals surface area contributed by atoms with Crippen molar-refractivity contribution in [2.24, 2.45) is 0 Å². The topological polar surface area (TPSA) is 93.1 Å². The third-order valence-corrected chi connectivity index (χ3v) is 6.32. The Morgan fingerprint density at radius 2 is 1.24 bits per heavy atom. The van der Waals surface area contributed by atoms with Gasteiger partial charge in [0.05, 0.1) is 19.8 Å². The fourth-order valence-electron chi connectivity index (χ4n) is 2.63. The van der Waals surface area contributed by atoms with Crippen LogP contribution in [0.1, 0.15) is 40.2 Å². The molecule has 6 nitrogen and oxygen atoms in total. The van der Waals surface area contributed by atoms with Crippen molar-refractivity contribution in [2.75, 3.05) is 0 Å². The third kappa shape index (κ3) is 8.40. The minimum atomic E-state index is -0.316. The van der Waals surface area contributed by atoms with Crippen LogP contribution in [0.25, 0.3) is 0 Å². The maximum atomic E-state index is 11.5. The first-order valence-electron chi connectivity index (χ1n) is 9.73. The maximum absolute atomic E-state index is 11.5. The molecule has 0 aliphatic rings. The number of ether oxygens (including phenoxy) is 2. The minimum absolute atomic E-state index is 0. The zero-order valence-corrected chi connectivity index (χ0v) is 20.2. The number of hydrogen-bond acceptors (Lipinski definition) is 8. The summed E-state index contributed by atoms with van der Waals surface area (Å²) in [6, 6.07) is 21.4. The fraction of sp³-hybridized carbons (Fsp3) is 0.167. The Morgan fingerprint density at radius 3 is 1.70 bits per heavy atom. The molecular weight excluding hydrogens is 504 g/mol. The van der Waals surface area contributed by atoms with Gasteiger partial charge in [-0.25, -0.2) is 12.1 Å². The van der Waals surface area contributed by atoms with Crippen LogP contribution in [0, 0.1) is 0 Å². The minimum Gasteiger partial charge on any atom is -0.680 e. The number of aliphatic hydroxyl groups is 2. The molecule has 0 unspecified atom stereocenters. The molecule has 2 aromatic heterocycles. The van der Waals surface area contributed by atoms with Gasteiger partial charge in [0.1, 0.15) is 6.61 Å². The Hall–Kier alpha value is -2.52. The van der Waals surface area contributed by atoms with Crippen molar-refractivity contribution in [3.63, 3.8) is 0 Å². The van der Waals surface area contributed by atoms with Gasteiger partial charge in [0, 0.05) is 36.6 Å². The molecular formula is C24H22FeO6S2-6. The number of carbonyl (C=O) groups excluding carboxylic acids is 2. The monoisotopic (exact) mass is 526 g/mol. The summed E-state index contributed by atoms with van der Waals surface area (Å²) in [5.74, 6) is -0.632. The number of hydrogen-bond donors (Lipinski definition) is 2. The molecule has 2 N–H and O–H groups in total. The average Bonchev–Trinajstić information content (AvgIpc) is 3.63. The van der Waals surface area contributed by atoms with Crippen LogP contribution >= 0.6 is 22.7 Å². The van der Waals surface area contributed by atoms with Crippen LogP contribution in [0.2, 0.25) is 0 Å². The van der Waals surface area contributed by atoms with Gasteiger partial charge < -0.3 is 54.3 Å². The van der Waals surface area contributed by atoms with Gasteiger partial charge >= 0.3 is 0 Å². The van der Waals surface area contributed by atoms with E-state index in [9.17, 15) is 9.59 Å². The molecule has 2 aromatic carbocycles. The fourth-order valence-corrected chi connectivity index (χ4v) is 4.21. The van der Waals surface area contributed by atoms with E-state index >= 15 is 0 Å². The molecule has 4 rings (SSSR count). The number of thiophene rings is 2. The van der Waals surface area contributed by atoms with E-state index in [4.69, 9.17) is 19.7 Å². The van der Waals surface area contributed by atoms with Gasteiger partial charge in [-0.2, -0.15) is 12.1 Å². The van der Waals surface area contributed by atoms with Crippen LogP contribution in [0.4, 0.5) is 0 Å². The Labute approximate surface area is 210 Å². The van der Waals surface area contributed by atoms with Gasteiger partial charge in [-0.05, 0) is 24.3 Å². The summed E-state index contributed by atoms with van der Waals surface area (Å²) in [5.41, 5.74) is 1.14. The van der Waals surface area contributed by atoms with Gasteiger partial charge in [-0.15, -0.1) is 22.7 Å². The summed E-state index contributed by atoms with van der Waals surface area (Å²) in [6.45, 7) is 0.576. The van der Waals surface area contributed by atoms with E-state index in [1.165, 1.54) is 22.7 Å². The Morgan fingerprint density at radius 1 is 0.788 bits per heavy atom. The van der Waals surface area contributed by atoms with Crippen LogP contribution in [0.5, 0.6) is 0 Å². The van der Waals surface area contributed by atoms with Crippen LogP contribution in [-0.2, 0) is 53.0 Å². The zero-order chi connectivity index (χ0) is 22.8. The molecule has 180 valence electrons. The van der Waals surface area contributed by atoms with Gasteiger partial charge in [-0.1, -0.05) is 11.5 Å². The molecule has 0 fully saturated rings. The van der Waals surface area contributed by atoms with Crippen molar-refractivity contribution in [1.82, 2.24) is 0 Å². The maximum Gasteiger partial charge on any atom is 0.281 e. The Balaban J connectivity index is 0.000000227. The van der Waals surface area contributed by atoms with Crippen molar-refractivity contribution < 1.29 is 46.3 Å². The van der Waals surface area contributed by atoms with E-state index in [2.05, 4.69) is 0 Å². The smallest absolute Gasteiger partial charge is 0.281 e. The van der Waals surface area contributed by atoms with Crippen molar-refractivity contribution in [1.29, 1.82) is 0 Å². The van der Waals surface area contributed by atoms with E-state index < -0.39 is 0 Å². The van der Waals surface area contributed by atoms with Crippen molar-refractivity contribution in [2.45, 2.75) is 26.4 Å². The molecule has 4 aromatic rings. The number of rotatable bonds is 8. The molecule has 0 saturated carbocycles. The predicted molar refractivity (Wildman–Crippen MR) is 123 cm³/mol. The molecule has 0 bridgehead atoms. The normalized spacial score (nSPS) is 10.0. The van der Waals surface area contributed by atoms with Crippen LogP contribution in [0.3, 0.4) is 0 Å². The first kappa shape index (κ1) is 26.7. The summed E-state index contributed by atoms with van der Waals surface area (Å²) in [4.78, 5) is 26.6. The van der Waals surface area contributed by atoms with Crippen molar-refractivity contribution in [3.8, 4) is 0 Å². The van der Waals surface area contributed by atoms with E-state index in [1.807, 2.05) is 24.3 Å². The van der Waals surface area contributed by atoms with Gasteiger partial charge in [0.15, 0.2) is 0 Å². The summed E-state index contributed by atoms with van der Waals surface area (Å²) in [7, 11) is 0. The van der Waals surface area contributed by atoms with Crippen LogP contribution < -0.4 is 0 Å². The summed E-state index contributed by atoms with van der Waals surface area (Å²) >= 11 is 2.89. The van der Waals surface area contributed by atoms with Gasteiger partial charge in [0.2, 0.25) is 0 Å². The first-order chi connectivity index (χ1) is 15.6. The molecule has 0 spiro atoms. The van der Waals surface area contributed by atoms with Crippen molar-refractivity contribution in [3.05, 3.63) is 103 Å². The standard InChI is InChI=1S/2C12H11O3S.Fe/c2*13-7-10-5-6-11(16-10)8-15-12(14)9-3-1-2-4-9;/h2*1-6,13H,7-8H2;/q-5;-1;. The molecule has 9 heteroatoms. The second-order valence-electron chi connectivity index (χ2n) is 6.55. The number of carbonyl (C=O) groups is 2. The molecule has 0 radical (unpaired) electrons. The molecule has 0 aliphatic heterocycles. The number of aliphatic hydroxyl groups excluding tert-OH is 2. The Kier molecular flexibility index (Phi) is 11.3. The summed E-state index contributed by atoms with van der Waals surface area (Å²) in [6.07, 6.45) is 0. The second kappa shape index (κ2) is 13.9. The van der Waals surface area contributed by atoms with Crippen LogP contribution in [-0.4, -0.2) is 22.2 Å². The van der Waals surface area contributed by atoms with Gasteiger partial charge in [-0.3, -0.25) is 4.79 Å². The molecule has 0 aliphatic carbocycles.